The van der Waals surface area contributed by atoms with Gasteiger partial charge in [0.25, 0.3) is 5.91 Å². The number of aromatic nitrogens is 2. The summed E-state index contributed by atoms with van der Waals surface area (Å²) in [6.07, 6.45) is 0. The maximum Gasteiger partial charge on any atom is 0.278 e. The minimum Gasteiger partial charge on any atom is -0.267 e. The largest absolute Gasteiger partial charge is 0.278 e. The molecular formula is C14H16N2O. The van der Waals surface area contributed by atoms with E-state index in [1.54, 1.807) is 0 Å². The van der Waals surface area contributed by atoms with Crippen molar-refractivity contribution < 1.29 is 4.79 Å². The van der Waals surface area contributed by atoms with Crippen molar-refractivity contribution in [2.24, 2.45) is 0 Å². The normalized spacial score (nSPS) is 10.6. The Kier molecular flexibility index (Phi) is 2.84. The molecule has 0 aliphatic heterocycles. The quantitative estimate of drug-likeness (QED) is 0.752. The maximum atomic E-state index is 12.4. The molecule has 0 spiro atoms. The minimum atomic E-state index is -0.0585. The Hall–Kier alpha value is -1.90. The number of hydrogen-bond donors (Lipinski definition) is 0. The first-order chi connectivity index (χ1) is 8.02. The number of carbonyl (C=O) groups excluding carboxylic acids is 1. The Morgan fingerprint density at radius 2 is 1.76 bits per heavy atom. The van der Waals surface area contributed by atoms with E-state index in [9.17, 15) is 4.79 Å². The van der Waals surface area contributed by atoms with Crippen LogP contribution >= 0.6 is 0 Å². The molecule has 0 atom stereocenters. The van der Waals surface area contributed by atoms with E-state index in [2.05, 4.69) is 5.10 Å². The summed E-state index contributed by atoms with van der Waals surface area (Å²) in [5.74, 6) is -0.0585. The molecule has 0 radical (unpaired) electrons. The summed E-state index contributed by atoms with van der Waals surface area (Å²) in [6.45, 7) is 7.76. The van der Waals surface area contributed by atoms with Gasteiger partial charge in [-0.15, -0.1) is 0 Å². The third kappa shape index (κ3) is 1.88. The van der Waals surface area contributed by atoms with Crippen molar-refractivity contribution in [2.45, 2.75) is 27.7 Å². The van der Waals surface area contributed by atoms with Crippen LogP contribution in [0.5, 0.6) is 0 Å². The van der Waals surface area contributed by atoms with Crippen molar-refractivity contribution in [3.8, 4) is 0 Å². The molecule has 2 aromatic rings. The summed E-state index contributed by atoms with van der Waals surface area (Å²) in [5, 5.41) is 4.29. The van der Waals surface area contributed by atoms with E-state index < -0.39 is 0 Å². The fourth-order valence-corrected chi connectivity index (χ4v) is 1.85. The van der Waals surface area contributed by atoms with Gasteiger partial charge in [-0.2, -0.15) is 5.10 Å². The van der Waals surface area contributed by atoms with E-state index in [1.807, 2.05) is 52.0 Å². The zero-order valence-corrected chi connectivity index (χ0v) is 10.6. The first-order valence-corrected chi connectivity index (χ1v) is 5.65. The first kappa shape index (κ1) is 11.6. The lowest BCUT2D eigenvalue weighted by molar-refractivity contribution is 0.0941. The smallest absolute Gasteiger partial charge is 0.267 e. The highest BCUT2D eigenvalue weighted by molar-refractivity contribution is 5.97. The Morgan fingerprint density at radius 1 is 1.12 bits per heavy atom. The molecule has 0 saturated carbocycles. The van der Waals surface area contributed by atoms with Gasteiger partial charge in [-0.1, -0.05) is 18.2 Å². The van der Waals surface area contributed by atoms with Crippen molar-refractivity contribution in [2.75, 3.05) is 0 Å². The summed E-state index contributed by atoms with van der Waals surface area (Å²) in [7, 11) is 0. The SMILES string of the molecule is Cc1ccccc1C(=O)n1nc(C)c(C)c1C. The van der Waals surface area contributed by atoms with Crippen LogP contribution in [0.1, 0.15) is 32.9 Å². The molecule has 0 aliphatic rings. The third-order valence-electron chi connectivity index (χ3n) is 3.22. The van der Waals surface area contributed by atoms with Crippen LogP contribution < -0.4 is 0 Å². The topological polar surface area (TPSA) is 34.9 Å². The lowest BCUT2D eigenvalue weighted by Gasteiger charge is -2.06. The molecule has 0 fully saturated rings. The Balaban J connectivity index is 2.52. The van der Waals surface area contributed by atoms with Crippen LogP contribution in [-0.2, 0) is 0 Å². The highest BCUT2D eigenvalue weighted by Crippen LogP contribution is 2.15. The van der Waals surface area contributed by atoms with Crippen LogP contribution in [-0.4, -0.2) is 15.7 Å². The molecule has 1 aromatic heterocycles. The Bertz CT molecular complexity index is 582. The van der Waals surface area contributed by atoms with Crippen molar-refractivity contribution >= 4 is 5.91 Å². The third-order valence-corrected chi connectivity index (χ3v) is 3.22. The number of nitrogens with zero attached hydrogens (tertiary/aromatic N) is 2. The second-order valence-corrected chi connectivity index (χ2v) is 4.33. The average Bonchev–Trinajstić information content (AvgIpc) is 2.57. The molecule has 17 heavy (non-hydrogen) atoms. The van der Waals surface area contributed by atoms with Crippen LogP contribution in [0.3, 0.4) is 0 Å². The van der Waals surface area contributed by atoms with E-state index in [0.29, 0.717) is 5.56 Å². The standard InChI is InChI=1S/C14H16N2O/c1-9-7-5-6-8-13(9)14(17)16-12(4)10(2)11(3)15-16/h5-8H,1-4H3. The molecule has 0 amide bonds. The molecular weight excluding hydrogens is 212 g/mol. The summed E-state index contributed by atoms with van der Waals surface area (Å²) in [5.41, 5.74) is 4.58. The molecule has 1 heterocycles. The van der Waals surface area contributed by atoms with Gasteiger partial charge in [0, 0.05) is 11.3 Å². The van der Waals surface area contributed by atoms with Crippen molar-refractivity contribution in [1.29, 1.82) is 0 Å². The van der Waals surface area contributed by atoms with Crippen LogP contribution in [0.2, 0.25) is 0 Å². The van der Waals surface area contributed by atoms with Crippen LogP contribution in [0.25, 0.3) is 0 Å². The van der Waals surface area contributed by atoms with Gasteiger partial charge >= 0.3 is 0 Å². The second-order valence-electron chi connectivity index (χ2n) is 4.33. The van der Waals surface area contributed by atoms with Gasteiger partial charge in [0.1, 0.15) is 0 Å². The van der Waals surface area contributed by atoms with E-state index in [-0.39, 0.29) is 5.91 Å². The van der Waals surface area contributed by atoms with Crippen LogP contribution in [0.4, 0.5) is 0 Å². The van der Waals surface area contributed by atoms with Crippen molar-refractivity contribution in [3.63, 3.8) is 0 Å². The van der Waals surface area contributed by atoms with E-state index >= 15 is 0 Å². The molecule has 3 nitrogen and oxygen atoms in total. The van der Waals surface area contributed by atoms with E-state index in [0.717, 1.165) is 22.5 Å². The zero-order chi connectivity index (χ0) is 12.6. The fourth-order valence-electron chi connectivity index (χ4n) is 1.85. The van der Waals surface area contributed by atoms with Gasteiger partial charge < -0.3 is 0 Å². The number of carbonyl (C=O) groups is 1. The number of benzene rings is 1. The predicted octanol–water partition coefficient (Wildman–Crippen LogP) is 2.81. The predicted molar refractivity (Wildman–Crippen MR) is 67.3 cm³/mol. The first-order valence-electron chi connectivity index (χ1n) is 5.65. The van der Waals surface area contributed by atoms with Gasteiger partial charge in [-0.05, 0) is 44.9 Å². The van der Waals surface area contributed by atoms with Crippen molar-refractivity contribution in [3.05, 3.63) is 52.3 Å². The second kappa shape index (κ2) is 4.17. The Morgan fingerprint density at radius 3 is 2.29 bits per heavy atom. The molecule has 2 rings (SSSR count). The number of rotatable bonds is 1. The summed E-state index contributed by atoms with van der Waals surface area (Å²) >= 11 is 0. The molecule has 88 valence electrons. The van der Waals surface area contributed by atoms with Crippen LogP contribution in [0, 0.1) is 27.7 Å². The average molecular weight is 228 g/mol. The van der Waals surface area contributed by atoms with Gasteiger partial charge in [0.15, 0.2) is 0 Å². The molecule has 0 unspecified atom stereocenters. The Labute approximate surface area is 101 Å². The lowest BCUT2D eigenvalue weighted by Crippen LogP contribution is -2.16. The van der Waals surface area contributed by atoms with Gasteiger partial charge in [-0.3, -0.25) is 4.79 Å². The summed E-state index contributed by atoms with van der Waals surface area (Å²) in [6, 6.07) is 7.58. The fraction of sp³-hybridized carbons (Fsp3) is 0.286. The highest BCUT2D eigenvalue weighted by Gasteiger charge is 2.16. The highest BCUT2D eigenvalue weighted by atomic mass is 16.2. The van der Waals surface area contributed by atoms with E-state index in [4.69, 9.17) is 0 Å². The zero-order valence-electron chi connectivity index (χ0n) is 10.6. The molecule has 0 bridgehead atoms. The monoisotopic (exact) mass is 228 g/mol. The molecule has 0 saturated heterocycles. The van der Waals surface area contributed by atoms with Gasteiger partial charge in [0.05, 0.1) is 5.69 Å². The number of aryl methyl sites for hydroxylation is 2. The summed E-state index contributed by atoms with van der Waals surface area (Å²) < 4.78 is 1.49. The number of hydrogen-bond acceptors (Lipinski definition) is 2. The molecule has 0 N–H and O–H groups in total. The molecule has 1 aromatic carbocycles. The maximum absolute atomic E-state index is 12.4. The lowest BCUT2D eigenvalue weighted by atomic mass is 10.1. The van der Waals surface area contributed by atoms with Crippen LogP contribution in [0.15, 0.2) is 24.3 Å². The van der Waals surface area contributed by atoms with Gasteiger partial charge in [0.2, 0.25) is 0 Å². The summed E-state index contributed by atoms with van der Waals surface area (Å²) in [4.78, 5) is 12.4. The molecule has 0 aliphatic carbocycles. The van der Waals surface area contributed by atoms with Crippen molar-refractivity contribution in [1.82, 2.24) is 9.78 Å². The van der Waals surface area contributed by atoms with E-state index in [1.165, 1.54) is 4.68 Å². The molecule has 3 heteroatoms. The minimum absolute atomic E-state index is 0.0585. The van der Waals surface area contributed by atoms with Gasteiger partial charge in [-0.25, -0.2) is 4.68 Å².